The molecule has 1 N–H and O–H groups in total. The molecule has 0 aliphatic carbocycles. The number of carbonyl (C=O) groups excluding carboxylic acids is 1. The first kappa shape index (κ1) is 38.9. The van der Waals surface area contributed by atoms with Gasteiger partial charge in [-0.05, 0) is 73.1 Å². The molecular weight excluding hydrogens is 666 g/mol. The van der Waals surface area contributed by atoms with Crippen LogP contribution < -0.4 is 36.9 Å². The first-order valence-electron chi connectivity index (χ1n) is 17.2. The maximum atomic E-state index is 9.04. The fourth-order valence-corrected chi connectivity index (χ4v) is 12.7. The lowest BCUT2D eigenvalue weighted by molar-refractivity contribution is -0.303. The Labute approximate surface area is 305 Å². The molecule has 0 unspecified atom stereocenters. The van der Waals surface area contributed by atoms with E-state index in [1.54, 1.807) is 0 Å². The van der Waals surface area contributed by atoms with E-state index in [0.717, 1.165) is 6.42 Å². The molecule has 0 spiro atoms. The number of unbranched alkanes of at least 4 members (excludes halogenated alkanes) is 4. The highest BCUT2D eigenvalue weighted by atomic mass is 31.2. The van der Waals surface area contributed by atoms with Crippen molar-refractivity contribution in [1.29, 1.82) is 0 Å². The van der Waals surface area contributed by atoms with E-state index in [0.29, 0.717) is 0 Å². The van der Waals surface area contributed by atoms with Gasteiger partial charge < -0.3 is 15.0 Å². The van der Waals surface area contributed by atoms with Gasteiger partial charge in [-0.1, -0.05) is 172 Å². The van der Waals surface area contributed by atoms with Crippen LogP contribution in [0.1, 0.15) is 32.1 Å². The summed E-state index contributed by atoms with van der Waals surface area (Å²) in [5.74, 6) is -4.01. The molecule has 0 amide bonds. The maximum Gasteiger partial charge on any atom is 0.351 e. The van der Waals surface area contributed by atoms with Crippen LogP contribution in [0.4, 0.5) is 0 Å². The summed E-state index contributed by atoms with van der Waals surface area (Å²) in [6.07, 6.45) is 7.39. The summed E-state index contributed by atoms with van der Waals surface area (Å²) < 4.78 is 0. The van der Waals surface area contributed by atoms with Crippen LogP contribution in [0.3, 0.4) is 0 Å². The van der Waals surface area contributed by atoms with Crippen LogP contribution in [0, 0.1) is 6.92 Å². The molecule has 6 aromatic rings. The Kier molecular flexibility index (Phi) is 16.3. The van der Waals surface area contributed by atoms with Gasteiger partial charge in [-0.25, -0.2) is 4.79 Å². The monoisotopic (exact) mass is 711 g/mol. The van der Waals surface area contributed by atoms with Gasteiger partial charge in [0.25, 0.3) is 0 Å². The molecule has 4 nitrogen and oxygen atoms in total. The highest BCUT2D eigenvalue weighted by Gasteiger charge is 2.44. The van der Waals surface area contributed by atoms with E-state index in [4.69, 9.17) is 19.8 Å². The van der Waals surface area contributed by atoms with E-state index in [1.165, 1.54) is 63.7 Å². The summed E-state index contributed by atoms with van der Waals surface area (Å²) in [6, 6.07) is 65.9. The van der Waals surface area contributed by atoms with Crippen molar-refractivity contribution < 1.29 is 19.8 Å². The quantitative estimate of drug-likeness (QED) is 0.0841. The highest BCUT2D eigenvalue weighted by molar-refractivity contribution is 7.95. The standard InChI is InChI=1S/C25H29P.C18H15P.C2H2O4/c1-2-3-4-5-15-22-26(23-16-9-6-10-17-23,24-18-11-7-12-19-24)25-20-13-8-14-21-25;1-4-10-16(11-5-1)19(17-12-6-2-7-13-17)18-14-8-3-9-15-18;3-1(4)2(5)6/h6-14,16-21H,1-5,15,22H2;1-15H;(H,3,4)(H,5,6)/q+1;;/p-1. The summed E-state index contributed by atoms with van der Waals surface area (Å²) >= 11 is 0. The summed E-state index contributed by atoms with van der Waals surface area (Å²) in [4.78, 5) is 18.0. The predicted octanol–water partition coefficient (Wildman–Crippen LogP) is 7.03. The molecule has 1 radical (unpaired) electrons. The minimum atomic E-state index is -2.07. The second-order valence-corrected chi connectivity index (χ2v) is 17.6. The second-order valence-electron chi connectivity index (χ2n) is 11.7. The summed E-state index contributed by atoms with van der Waals surface area (Å²) in [6.45, 7) is 3.98. The normalized spacial score (nSPS) is 10.6. The zero-order chi connectivity index (χ0) is 36.2. The summed E-state index contributed by atoms with van der Waals surface area (Å²) in [5, 5.41) is 25.0. The van der Waals surface area contributed by atoms with Crippen LogP contribution in [0.2, 0.25) is 0 Å². The third kappa shape index (κ3) is 11.6. The van der Waals surface area contributed by atoms with Crippen LogP contribution in [0.5, 0.6) is 0 Å². The van der Waals surface area contributed by atoms with E-state index in [2.05, 4.69) is 189 Å². The van der Waals surface area contributed by atoms with E-state index in [1.807, 2.05) is 0 Å². The van der Waals surface area contributed by atoms with E-state index >= 15 is 0 Å². The topological polar surface area (TPSA) is 77.4 Å². The molecule has 0 aliphatic heterocycles. The Morgan fingerprint density at radius 3 is 1.04 bits per heavy atom. The van der Waals surface area contributed by atoms with Gasteiger partial charge in [0.05, 0.1) is 6.16 Å². The Morgan fingerprint density at radius 1 is 0.490 bits per heavy atom. The van der Waals surface area contributed by atoms with Gasteiger partial charge in [0.2, 0.25) is 0 Å². The number of hydrogen-bond donors (Lipinski definition) is 1. The van der Waals surface area contributed by atoms with Crippen LogP contribution in [0.25, 0.3) is 0 Å². The first-order chi connectivity index (χ1) is 25.0. The minimum Gasteiger partial charge on any atom is -0.539 e. The number of aliphatic carboxylic acids is 2. The Morgan fingerprint density at radius 2 is 0.765 bits per heavy atom. The molecular formula is C45H45O4P2. The van der Waals surface area contributed by atoms with Crippen molar-refractivity contribution in [3.63, 3.8) is 0 Å². The number of benzene rings is 6. The highest BCUT2D eigenvalue weighted by Crippen LogP contribution is 2.56. The van der Waals surface area contributed by atoms with Crippen molar-refractivity contribution >= 4 is 58.9 Å². The minimum absolute atomic E-state index is 0.446. The number of hydrogen-bond acceptors (Lipinski definition) is 3. The molecule has 6 heteroatoms. The van der Waals surface area contributed by atoms with E-state index in [-0.39, 0.29) is 0 Å². The number of rotatable bonds is 12. The SMILES string of the molecule is O=C([O-])C(=O)O.[CH2]CCCCCC[P+](c1ccccc1)(c1ccccc1)c1ccccc1.c1ccc(P(c2ccccc2)c2ccccc2)cc1. The molecule has 6 aromatic carbocycles. The Bertz CT molecular complexity index is 1640. The van der Waals surface area contributed by atoms with Gasteiger partial charge in [-0.2, -0.15) is 0 Å². The fraction of sp³-hybridized carbons (Fsp3) is 0.133. The zero-order valence-corrected chi connectivity index (χ0v) is 30.6. The van der Waals surface area contributed by atoms with Crippen molar-refractivity contribution in [3.8, 4) is 0 Å². The van der Waals surface area contributed by atoms with Gasteiger partial charge in [0.1, 0.15) is 23.2 Å². The molecule has 6 rings (SSSR count). The summed E-state index contributed by atoms with van der Waals surface area (Å²) in [7, 11) is -2.06. The van der Waals surface area contributed by atoms with Gasteiger partial charge in [0.15, 0.2) is 5.97 Å². The average molecular weight is 712 g/mol. The smallest absolute Gasteiger partial charge is 0.351 e. The van der Waals surface area contributed by atoms with Gasteiger partial charge >= 0.3 is 5.97 Å². The van der Waals surface area contributed by atoms with Gasteiger partial charge in [0, 0.05) is 0 Å². The van der Waals surface area contributed by atoms with Crippen molar-refractivity contribution in [2.24, 2.45) is 0 Å². The number of carboxylic acids is 2. The Hall–Kier alpha value is -4.88. The molecule has 0 atom stereocenters. The van der Waals surface area contributed by atoms with Gasteiger partial charge in [-0.15, -0.1) is 0 Å². The number of carbonyl (C=O) groups is 2. The van der Waals surface area contributed by atoms with Crippen molar-refractivity contribution in [2.45, 2.75) is 32.1 Å². The largest absolute Gasteiger partial charge is 0.539 e. The van der Waals surface area contributed by atoms with Gasteiger partial charge in [-0.3, -0.25) is 0 Å². The maximum absolute atomic E-state index is 9.04. The second kappa shape index (κ2) is 21.4. The van der Waals surface area contributed by atoms with E-state index in [9.17, 15) is 0 Å². The van der Waals surface area contributed by atoms with Crippen LogP contribution in [0.15, 0.2) is 182 Å². The van der Waals surface area contributed by atoms with Crippen LogP contribution in [-0.4, -0.2) is 23.2 Å². The molecule has 0 saturated heterocycles. The molecule has 0 fully saturated rings. The Balaban J connectivity index is 0.000000204. The molecule has 0 saturated carbocycles. The molecule has 0 heterocycles. The molecule has 0 aromatic heterocycles. The average Bonchev–Trinajstić information content (AvgIpc) is 3.19. The molecule has 0 bridgehead atoms. The van der Waals surface area contributed by atoms with Crippen molar-refractivity contribution in [1.82, 2.24) is 0 Å². The summed E-state index contributed by atoms with van der Waals surface area (Å²) in [5.41, 5.74) is 0. The number of carboxylic acid groups (broad SMARTS) is 2. The molecule has 259 valence electrons. The zero-order valence-electron chi connectivity index (χ0n) is 28.8. The van der Waals surface area contributed by atoms with Crippen LogP contribution >= 0.6 is 15.2 Å². The lowest BCUT2D eigenvalue weighted by atomic mass is 10.2. The lowest BCUT2D eigenvalue weighted by Crippen LogP contribution is -2.33. The predicted molar refractivity (Wildman–Crippen MR) is 216 cm³/mol. The fourth-order valence-electron chi connectivity index (χ4n) is 5.94. The van der Waals surface area contributed by atoms with Crippen molar-refractivity contribution in [3.05, 3.63) is 189 Å². The first-order valence-corrected chi connectivity index (χ1v) is 20.5. The van der Waals surface area contributed by atoms with Crippen molar-refractivity contribution in [2.75, 3.05) is 6.16 Å². The van der Waals surface area contributed by atoms with E-state index < -0.39 is 27.1 Å². The molecule has 51 heavy (non-hydrogen) atoms. The molecule has 0 aliphatic rings. The lowest BCUT2D eigenvalue weighted by Gasteiger charge is -2.27. The third-order valence-electron chi connectivity index (χ3n) is 8.30. The van der Waals surface area contributed by atoms with Crippen LogP contribution in [-0.2, 0) is 9.59 Å². The third-order valence-corrected chi connectivity index (χ3v) is 15.3.